The number of nitrogen functional groups attached to an aromatic ring is 1. The van der Waals surface area contributed by atoms with Crippen molar-refractivity contribution in [2.45, 2.75) is 52.7 Å². The number of carbonyl (C=O) groups is 2. The highest BCUT2D eigenvalue weighted by Crippen LogP contribution is 2.40. The van der Waals surface area contributed by atoms with Gasteiger partial charge in [0.1, 0.15) is 17.9 Å². The number of nitrogens with two attached hydrogens (primary N) is 1. The van der Waals surface area contributed by atoms with Crippen molar-refractivity contribution in [3.8, 4) is 0 Å². The summed E-state index contributed by atoms with van der Waals surface area (Å²) in [5, 5.41) is 5.48. The maximum atomic E-state index is 13.7. The maximum Gasteiger partial charge on any atom is 0.326 e. The van der Waals surface area contributed by atoms with E-state index in [2.05, 4.69) is 25.1 Å². The van der Waals surface area contributed by atoms with E-state index in [1.54, 1.807) is 18.4 Å². The van der Waals surface area contributed by atoms with Gasteiger partial charge >= 0.3 is 11.9 Å². The second-order valence-corrected chi connectivity index (χ2v) is 10.1. The number of carbonyl (C=O) groups excluding carboxylic acids is 2. The van der Waals surface area contributed by atoms with Gasteiger partial charge in [0.15, 0.2) is 11.2 Å². The quantitative estimate of drug-likeness (QED) is 0.167. The maximum absolute atomic E-state index is 13.7. The first-order valence-electron chi connectivity index (χ1n) is 10.7. The van der Waals surface area contributed by atoms with Crippen molar-refractivity contribution in [3.05, 3.63) is 16.7 Å². The Morgan fingerprint density at radius 2 is 1.97 bits per heavy atom. The Hall–Kier alpha value is -2.80. The molecular weight excluding hydrogens is 469 g/mol. The predicted molar refractivity (Wildman–Crippen MR) is 124 cm³/mol. The lowest BCUT2D eigenvalue weighted by Gasteiger charge is -2.31. The number of nitrogens with one attached hydrogen (secondary N) is 3. The van der Waals surface area contributed by atoms with Crippen molar-refractivity contribution in [2.24, 2.45) is 0 Å². The van der Waals surface area contributed by atoms with Crippen LogP contribution in [0.2, 0.25) is 0 Å². The second-order valence-electron chi connectivity index (χ2n) is 7.90. The molecule has 15 heteroatoms. The third-order valence-corrected chi connectivity index (χ3v) is 6.80. The van der Waals surface area contributed by atoms with Crippen LogP contribution in [0.15, 0.2) is 11.1 Å². The number of nitrogens with zero attached hydrogens (tertiary/aromatic N) is 3. The van der Waals surface area contributed by atoms with E-state index < -0.39 is 36.5 Å². The van der Waals surface area contributed by atoms with Crippen molar-refractivity contribution in [2.75, 3.05) is 31.9 Å². The van der Waals surface area contributed by atoms with Crippen LogP contribution in [0.4, 0.5) is 5.95 Å². The number of rotatable bonds is 13. The van der Waals surface area contributed by atoms with Crippen molar-refractivity contribution in [3.63, 3.8) is 0 Å². The van der Waals surface area contributed by atoms with E-state index in [1.807, 2.05) is 0 Å². The molecule has 0 saturated carbocycles. The minimum atomic E-state index is -3.66. The van der Waals surface area contributed by atoms with Crippen LogP contribution in [0.1, 0.15) is 34.6 Å². The first-order chi connectivity index (χ1) is 15.9. The van der Waals surface area contributed by atoms with Crippen molar-refractivity contribution >= 4 is 36.5 Å². The van der Waals surface area contributed by atoms with E-state index in [0.29, 0.717) is 0 Å². The Labute approximate surface area is 196 Å². The summed E-state index contributed by atoms with van der Waals surface area (Å²) in [6, 6.07) is -0.934. The van der Waals surface area contributed by atoms with Gasteiger partial charge in [-0.2, -0.15) is 4.98 Å². The van der Waals surface area contributed by atoms with E-state index in [9.17, 15) is 18.9 Å². The molecule has 1 unspecified atom stereocenters. The van der Waals surface area contributed by atoms with Gasteiger partial charge in [-0.15, -0.1) is 0 Å². The monoisotopic (exact) mass is 501 g/mol. The number of hydrogen-bond donors (Lipinski definition) is 4. The van der Waals surface area contributed by atoms with Crippen LogP contribution in [0, 0.1) is 0 Å². The molecule has 0 radical (unpaired) electrons. The van der Waals surface area contributed by atoms with Gasteiger partial charge in [0.25, 0.3) is 5.56 Å². The number of imidazole rings is 1. The summed E-state index contributed by atoms with van der Waals surface area (Å²) in [7, 11) is -3.66. The van der Waals surface area contributed by atoms with Crippen LogP contribution in [-0.4, -0.2) is 69.2 Å². The Balaban J connectivity index is 2.12. The molecule has 0 aliphatic rings. The molecule has 0 saturated heterocycles. The number of ether oxygens (including phenoxy) is 3. The summed E-state index contributed by atoms with van der Waals surface area (Å²) in [6.45, 7) is 8.43. The van der Waals surface area contributed by atoms with Gasteiger partial charge in [-0.25, -0.2) is 15.2 Å². The molecule has 0 bridgehead atoms. The number of esters is 2. The number of aromatic nitrogens is 4. The Bertz CT molecular complexity index is 1110. The molecule has 0 aliphatic carbocycles. The van der Waals surface area contributed by atoms with Crippen molar-refractivity contribution in [1.82, 2.24) is 29.7 Å². The zero-order valence-corrected chi connectivity index (χ0v) is 20.8. The summed E-state index contributed by atoms with van der Waals surface area (Å²) in [5.74, 6) is -1.26. The number of fused-ring (bicyclic) bond motifs is 1. The molecule has 0 amide bonds. The van der Waals surface area contributed by atoms with Crippen LogP contribution < -0.4 is 21.5 Å². The number of H-pyrrole nitrogens is 1. The van der Waals surface area contributed by atoms with Gasteiger partial charge in [0.2, 0.25) is 13.4 Å². The lowest BCUT2D eigenvalue weighted by molar-refractivity contribution is -0.149. The first-order valence-corrected chi connectivity index (χ1v) is 12.6. The van der Waals surface area contributed by atoms with Gasteiger partial charge in [0.05, 0.1) is 26.1 Å². The summed E-state index contributed by atoms with van der Waals surface area (Å²) in [5.41, 5.74) is 4.20. The van der Waals surface area contributed by atoms with Gasteiger partial charge in [-0.05, 0) is 34.6 Å². The zero-order valence-electron chi connectivity index (χ0n) is 19.9. The molecule has 2 rings (SSSR count). The number of hydrogen-bond acceptors (Lipinski definition) is 10. The molecule has 14 nitrogen and oxygen atoms in total. The molecule has 2 atom stereocenters. The number of anilines is 1. The number of aromatic amines is 1. The summed E-state index contributed by atoms with van der Waals surface area (Å²) in [4.78, 5) is 46.7. The molecule has 0 aromatic carbocycles. The molecule has 0 spiro atoms. The standard InChI is InChI=1S/C19H32N7O7P/c1-6-32-16(28)12(3)24-34(30,25-19(4,5)17(29)33-7-2)11-31-9-8-26-10-21-13-14(26)22-18(20)23-15(13)27/h10,12H,6-9,11H2,1-5H3,(H2,24,25,30)(H3,20,22,23,27)/t12-,34?/m0/s1. The molecule has 190 valence electrons. The highest BCUT2D eigenvalue weighted by molar-refractivity contribution is 7.59. The van der Waals surface area contributed by atoms with E-state index in [4.69, 9.17) is 19.9 Å². The van der Waals surface area contributed by atoms with Crippen LogP contribution in [-0.2, 0) is 34.9 Å². The normalized spacial score (nSPS) is 14.5. The minimum absolute atomic E-state index is 0.0489. The van der Waals surface area contributed by atoms with Crippen LogP contribution in [0.25, 0.3) is 11.2 Å². The van der Waals surface area contributed by atoms with E-state index in [-0.39, 0.29) is 49.8 Å². The third-order valence-electron chi connectivity index (χ3n) is 4.53. The summed E-state index contributed by atoms with van der Waals surface area (Å²) >= 11 is 0. The molecule has 34 heavy (non-hydrogen) atoms. The molecule has 2 heterocycles. The zero-order chi connectivity index (χ0) is 25.5. The van der Waals surface area contributed by atoms with Gasteiger partial charge in [-0.3, -0.25) is 23.9 Å². The minimum Gasteiger partial charge on any atom is -0.465 e. The van der Waals surface area contributed by atoms with E-state index in [1.165, 1.54) is 27.1 Å². The van der Waals surface area contributed by atoms with E-state index >= 15 is 0 Å². The van der Waals surface area contributed by atoms with Crippen molar-refractivity contribution < 1.29 is 28.4 Å². The van der Waals surface area contributed by atoms with Crippen LogP contribution in [0.5, 0.6) is 0 Å². The van der Waals surface area contributed by atoms with Crippen LogP contribution >= 0.6 is 7.44 Å². The predicted octanol–water partition coefficient (Wildman–Crippen LogP) is 0.342. The lowest BCUT2D eigenvalue weighted by Crippen LogP contribution is -2.50. The fourth-order valence-corrected chi connectivity index (χ4v) is 5.35. The van der Waals surface area contributed by atoms with Crippen molar-refractivity contribution in [1.29, 1.82) is 0 Å². The molecule has 5 N–H and O–H groups in total. The molecular formula is C19H32N7O7P. The summed E-state index contributed by atoms with van der Waals surface area (Å²) in [6.07, 6.45) is 1.06. The topological polar surface area (TPSA) is 193 Å². The fraction of sp³-hybridized carbons (Fsp3) is 0.632. The first kappa shape index (κ1) is 27.4. The highest BCUT2D eigenvalue weighted by Gasteiger charge is 2.39. The van der Waals surface area contributed by atoms with E-state index in [0.717, 1.165) is 0 Å². The average Bonchev–Trinajstić information content (AvgIpc) is 3.14. The SMILES string of the molecule is CCOC(=O)[C@H](C)NP(=O)(COCCn1cnc2c(=O)[nH]c(N)nc21)NC(C)(C)C(=O)OCC. The smallest absolute Gasteiger partial charge is 0.326 e. The Kier molecular flexibility index (Phi) is 9.33. The lowest BCUT2D eigenvalue weighted by atomic mass is 10.1. The van der Waals surface area contributed by atoms with Crippen LogP contribution in [0.3, 0.4) is 0 Å². The third kappa shape index (κ3) is 7.10. The molecule has 0 fully saturated rings. The largest absolute Gasteiger partial charge is 0.465 e. The molecule has 2 aromatic rings. The highest BCUT2D eigenvalue weighted by atomic mass is 31.2. The molecule has 2 aromatic heterocycles. The fourth-order valence-electron chi connectivity index (χ4n) is 3.03. The van der Waals surface area contributed by atoms with Gasteiger partial charge in [-0.1, -0.05) is 0 Å². The van der Waals surface area contributed by atoms with Gasteiger partial charge < -0.3 is 24.5 Å². The van der Waals surface area contributed by atoms with Gasteiger partial charge in [0, 0.05) is 6.54 Å². The Morgan fingerprint density at radius 1 is 1.29 bits per heavy atom. The second kappa shape index (κ2) is 11.6. The summed E-state index contributed by atoms with van der Waals surface area (Å²) < 4.78 is 30.9. The molecule has 0 aliphatic heterocycles. The Morgan fingerprint density at radius 3 is 2.62 bits per heavy atom. The average molecular weight is 501 g/mol.